The first-order valence-corrected chi connectivity index (χ1v) is 15.4. The van der Waals surface area contributed by atoms with Crippen molar-refractivity contribution >= 4 is 5.97 Å². The minimum Gasteiger partial charge on any atom is -0.449 e. The van der Waals surface area contributed by atoms with Crippen LogP contribution in [0.15, 0.2) is 115 Å². The molecule has 1 atom stereocenters. The normalized spacial score (nSPS) is 13.0. The third-order valence-electron chi connectivity index (χ3n) is 6.69. The summed E-state index contributed by atoms with van der Waals surface area (Å²) >= 11 is 0. The Morgan fingerprint density at radius 3 is 1.98 bits per heavy atom. The number of nitrogens with zero attached hydrogens (tertiary/aromatic N) is 1. The molecule has 1 unspecified atom stereocenters. The van der Waals surface area contributed by atoms with Crippen LogP contribution in [0.1, 0.15) is 81.1 Å². The summed E-state index contributed by atoms with van der Waals surface area (Å²) < 4.78 is 11.8. The van der Waals surface area contributed by atoms with Gasteiger partial charge in [-0.05, 0) is 75.6 Å². The number of esters is 1. The maximum absolute atomic E-state index is 12.2. The number of ether oxygens (including phenoxy) is 2. The van der Waals surface area contributed by atoms with Crippen LogP contribution < -0.4 is 0 Å². The number of aryl methyl sites for hydroxylation is 1. The smallest absolute Gasteiger partial charge is 0.307 e. The van der Waals surface area contributed by atoms with E-state index in [0.717, 1.165) is 50.5 Å². The number of rotatable bonds is 21. The van der Waals surface area contributed by atoms with Gasteiger partial charge < -0.3 is 9.47 Å². The fraction of sp³-hybridized carbons (Fsp3) is 0.395. The summed E-state index contributed by atoms with van der Waals surface area (Å²) in [5, 5.41) is 0. The van der Waals surface area contributed by atoms with Crippen molar-refractivity contribution in [3.8, 4) is 0 Å². The summed E-state index contributed by atoms with van der Waals surface area (Å²) in [7, 11) is 1.94. The average Bonchev–Trinajstić information content (AvgIpc) is 3.01. The fourth-order valence-electron chi connectivity index (χ4n) is 4.25. The molecule has 0 saturated carbocycles. The van der Waals surface area contributed by atoms with Gasteiger partial charge in [0.15, 0.2) is 0 Å². The zero-order chi connectivity index (χ0) is 30.1. The first kappa shape index (κ1) is 34.7. The molecule has 0 spiro atoms. The van der Waals surface area contributed by atoms with Crippen molar-refractivity contribution in [2.75, 3.05) is 26.9 Å². The van der Waals surface area contributed by atoms with Crippen molar-refractivity contribution in [2.45, 2.75) is 71.3 Å². The van der Waals surface area contributed by atoms with Gasteiger partial charge in [0.1, 0.15) is 12.8 Å². The molecule has 0 amide bonds. The van der Waals surface area contributed by atoms with E-state index in [2.05, 4.69) is 105 Å². The van der Waals surface area contributed by atoms with Crippen molar-refractivity contribution < 1.29 is 14.3 Å². The zero-order valence-corrected chi connectivity index (χ0v) is 26.0. The molecule has 0 heterocycles. The van der Waals surface area contributed by atoms with Crippen molar-refractivity contribution in [1.82, 2.24) is 4.90 Å². The Morgan fingerprint density at radius 1 is 0.786 bits per heavy atom. The predicted octanol–water partition coefficient (Wildman–Crippen LogP) is 9.46. The van der Waals surface area contributed by atoms with Crippen LogP contribution in [0.3, 0.4) is 0 Å². The van der Waals surface area contributed by atoms with E-state index < -0.39 is 0 Å². The van der Waals surface area contributed by atoms with Gasteiger partial charge in [-0.2, -0.15) is 0 Å². The van der Waals surface area contributed by atoms with Gasteiger partial charge in [0.05, 0.1) is 6.61 Å². The molecule has 0 aliphatic heterocycles. The third kappa shape index (κ3) is 16.1. The second kappa shape index (κ2) is 23.1. The molecule has 0 bridgehead atoms. The molecule has 4 nitrogen and oxygen atoms in total. The predicted molar refractivity (Wildman–Crippen MR) is 177 cm³/mol. The Labute approximate surface area is 255 Å². The number of hydrogen-bond donors (Lipinski definition) is 0. The Balaban J connectivity index is 1.54. The monoisotopic (exact) mass is 569 g/mol. The molecular formula is C38H51NO3. The van der Waals surface area contributed by atoms with Crippen LogP contribution in [-0.4, -0.2) is 37.8 Å². The molecule has 0 aromatic heterocycles. The first-order valence-electron chi connectivity index (χ1n) is 15.4. The molecular weight excluding hydrogens is 518 g/mol. The van der Waals surface area contributed by atoms with Crippen molar-refractivity contribution in [3.05, 3.63) is 132 Å². The van der Waals surface area contributed by atoms with Crippen molar-refractivity contribution in [1.29, 1.82) is 0 Å². The summed E-state index contributed by atoms with van der Waals surface area (Å²) in [5.74, 6) is -0.155. The maximum atomic E-state index is 12.2. The molecule has 0 aliphatic carbocycles. The lowest BCUT2D eigenvalue weighted by atomic mass is 9.97. The number of allylic oxidation sites excluding steroid dienone is 10. The summed E-state index contributed by atoms with van der Waals surface area (Å²) in [6.07, 6.45) is 28.9. The standard InChI is InChI=1S/C38H51NO3/c1-4-5-6-7-8-9-10-11-12-13-14-15-16-17-18-19-23-30-37(40)42-33-39(3)31-32-41-38(35-27-21-20-22-28-35)36-29-25-24-26-34(36)2/h5-6,8-9,11-12,14-15,17-18,20-22,24-29,38H,4,7,10,13,16,19,23,30-33H2,1-3H3/b6-5-,9-8-,12-11-,15-14-,18-17-. The number of carbonyl (C=O) groups excluding carboxylic acids is 1. The first-order chi connectivity index (χ1) is 20.6. The van der Waals surface area contributed by atoms with E-state index in [1.807, 2.05) is 36.2 Å². The highest BCUT2D eigenvalue weighted by Crippen LogP contribution is 2.28. The van der Waals surface area contributed by atoms with Gasteiger partial charge in [0.2, 0.25) is 0 Å². The molecule has 2 aromatic rings. The molecule has 0 radical (unpaired) electrons. The minimum atomic E-state index is -0.155. The topological polar surface area (TPSA) is 38.8 Å². The van der Waals surface area contributed by atoms with E-state index in [1.54, 1.807) is 0 Å². The number of hydrogen-bond acceptors (Lipinski definition) is 4. The summed E-state index contributed by atoms with van der Waals surface area (Å²) in [5.41, 5.74) is 3.51. The molecule has 0 N–H and O–H groups in total. The van der Waals surface area contributed by atoms with E-state index in [0.29, 0.717) is 19.6 Å². The summed E-state index contributed by atoms with van der Waals surface area (Å²) in [6.45, 7) is 5.74. The van der Waals surface area contributed by atoms with E-state index >= 15 is 0 Å². The van der Waals surface area contributed by atoms with Gasteiger partial charge in [-0.3, -0.25) is 9.69 Å². The summed E-state index contributed by atoms with van der Waals surface area (Å²) in [6, 6.07) is 18.6. The van der Waals surface area contributed by atoms with Crippen LogP contribution in [-0.2, 0) is 14.3 Å². The van der Waals surface area contributed by atoms with Gasteiger partial charge in [0.25, 0.3) is 0 Å². The maximum Gasteiger partial charge on any atom is 0.307 e. The second-order valence-electron chi connectivity index (χ2n) is 10.3. The lowest BCUT2D eigenvalue weighted by Gasteiger charge is -2.23. The number of unbranched alkanes of at least 4 members (excludes halogenated alkanes) is 1. The Bertz CT molecular complexity index is 1130. The van der Waals surface area contributed by atoms with E-state index in [4.69, 9.17) is 9.47 Å². The SMILES string of the molecule is CC/C=C\C/C=C\C/C=C\C/C=C\C/C=C\CCCC(=O)OCN(C)CCOC(c1ccccc1)c1ccccc1C. The quantitative estimate of drug-likeness (QED) is 0.0649. The average molecular weight is 570 g/mol. The highest BCUT2D eigenvalue weighted by molar-refractivity contribution is 5.69. The number of benzene rings is 2. The van der Waals surface area contributed by atoms with E-state index in [9.17, 15) is 4.79 Å². The molecule has 2 aromatic carbocycles. The van der Waals surface area contributed by atoms with Crippen molar-refractivity contribution in [3.63, 3.8) is 0 Å². The zero-order valence-electron chi connectivity index (χ0n) is 26.0. The minimum absolute atomic E-state index is 0.126. The third-order valence-corrected chi connectivity index (χ3v) is 6.69. The van der Waals surface area contributed by atoms with Crippen LogP contribution in [0.4, 0.5) is 0 Å². The largest absolute Gasteiger partial charge is 0.449 e. The van der Waals surface area contributed by atoms with Gasteiger partial charge in [-0.1, -0.05) is 122 Å². The van der Waals surface area contributed by atoms with Gasteiger partial charge in [-0.15, -0.1) is 0 Å². The van der Waals surface area contributed by atoms with Crippen LogP contribution in [0.25, 0.3) is 0 Å². The van der Waals surface area contributed by atoms with Gasteiger partial charge in [0, 0.05) is 13.0 Å². The fourth-order valence-corrected chi connectivity index (χ4v) is 4.25. The second-order valence-corrected chi connectivity index (χ2v) is 10.3. The summed E-state index contributed by atoms with van der Waals surface area (Å²) in [4.78, 5) is 14.1. The van der Waals surface area contributed by atoms with Crippen LogP contribution in [0, 0.1) is 6.92 Å². The Morgan fingerprint density at radius 2 is 1.36 bits per heavy atom. The van der Waals surface area contributed by atoms with E-state index in [-0.39, 0.29) is 18.8 Å². The number of likely N-dealkylation sites (N-methyl/N-ethyl adjacent to an activating group) is 1. The number of carbonyl (C=O) groups is 1. The lowest BCUT2D eigenvalue weighted by Crippen LogP contribution is -2.28. The molecule has 2 rings (SSSR count). The Hall–Kier alpha value is -3.47. The molecule has 226 valence electrons. The van der Waals surface area contributed by atoms with Crippen molar-refractivity contribution in [2.24, 2.45) is 0 Å². The highest BCUT2D eigenvalue weighted by atomic mass is 16.5. The molecule has 0 saturated heterocycles. The van der Waals surface area contributed by atoms with E-state index in [1.165, 1.54) is 11.1 Å². The van der Waals surface area contributed by atoms with Gasteiger partial charge in [-0.25, -0.2) is 0 Å². The lowest BCUT2D eigenvalue weighted by molar-refractivity contribution is -0.148. The molecule has 4 heteroatoms. The molecule has 0 aliphatic rings. The highest BCUT2D eigenvalue weighted by Gasteiger charge is 2.17. The van der Waals surface area contributed by atoms with Crippen LogP contribution >= 0.6 is 0 Å². The molecule has 42 heavy (non-hydrogen) atoms. The Kier molecular flexibility index (Phi) is 19.1. The van der Waals surface area contributed by atoms with Gasteiger partial charge >= 0.3 is 5.97 Å². The molecule has 0 fully saturated rings. The van der Waals surface area contributed by atoms with Crippen LogP contribution in [0.2, 0.25) is 0 Å². The van der Waals surface area contributed by atoms with Crippen LogP contribution in [0.5, 0.6) is 0 Å².